The second-order valence-electron chi connectivity index (χ2n) is 5.26. The van der Waals surface area contributed by atoms with Crippen molar-refractivity contribution in [2.45, 2.75) is 39.2 Å². The highest BCUT2D eigenvalue weighted by atomic mass is 35.5. The molecule has 0 aromatic heterocycles. The predicted molar refractivity (Wildman–Crippen MR) is 95.4 cm³/mol. The number of unbranched alkanes of at least 4 members (excludes halogenated alkanes) is 1. The highest BCUT2D eigenvalue weighted by Gasteiger charge is 2.23. The van der Waals surface area contributed by atoms with Crippen molar-refractivity contribution in [2.75, 3.05) is 19.6 Å². The zero-order chi connectivity index (χ0) is 16.4. The monoisotopic (exact) mass is 341 g/mol. The Bertz CT molecular complexity index is 468. The van der Waals surface area contributed by atoms with Gasteiger partial charge in [0, 0.05) is 6.54 Å². The number of carbonyl (C=O) groups excluding carboxylic acids is 2. The van der Waals surface area contributed by atoms with Crippen molar-refractivity contribution in [1.29, 1.82) is 0 Å². The molecule has 3 N–H and O–H groups in total. The summed E-state index contributed by atoms with van der Waals surface area (Å²) < 4.78 is 0. The molecule has 6 heteroatoms. The quantitative estimate of drug-likeness (QED) is 0.723. The zero-order valence-electron chi connectivity index (χ0n) is 14.0. The van der Waals surface area contributed by atoms with E-state index >= 15 is 0 Å². The average molecular weight is 342 g/mol. The van der Waals surface area contributed by atoms with Crippen molar-refractivity contribution < 1.29 is 9.59 Å². The van der Waals surface area contributed by atoms with Crippen LogP contribution in [0.25, 0.3) is 0 Å². The van der Waals surface area contributed by atoms with Crippen LogP contribution in [0.3, 0.4) is 0 Å². The van der Waals surface area contributed by atoms with Gasteiger partial charge in [0.1, 0.15) is 0 Å². The zero-order valence-corrected chi connectivity index (χ0v) is 14.8. The van der Waals surface area contributed by atoms with Gasteiger partial charge in [0.2, 0.25) is 11.8 Å². The van der Waals surface area contributed by atoms with Gasteiger partial charge in [-0.1, -0.05) is 50.6 Å². The average Bonchev–Trinajstić information content (AvgIpc) is 2.56. The predicted octanol–water partition coefficient (Wildman–Crippen LogP) is 2.26. The number of nitrogens with one attached hydrogen (secondary N) is 1. The van der Waals surface area contributed by atoms with Gasteiger partial charge in [-0.25, -0.2) is 0 Å². The Morgan fingerprint density at radius 1 is 1.22 bits per heavy atom. The van der Waals surface area contributed by atoms with Crippen molar-refractivity contribution in [3.8, 4) is 0 Å². The summed E-state index contributed by atoms with van der Waals surface area (Å²) in [4.78, 5) is 25.6. The van der Waals surface area contributed by atoms with Gasteiger partial charge in [-0.2, -0.15) is 0 Å². The fourth-order valence-corrected chi connectivity index (χ4v) is 2.44. The Morgan fingerprint density at radius 2 is 1.87 bits per heavy atom. The van der Waals surface area contributed by atoms with Gasteiger partial charge >= 0.3 is 0 Å². The molecule has 1 aromatic carbocycles. The molecule has 1 aromatic rings. The van der Waals surface area contributed by atoms with Crippen molar-refractivity contribution in [1.82, 2.24) is 10.2 Å². The van der Waals surface area contributed by atoms with E-state index in [-0.39, 0.29) is 43.4 Å². The van der Waals surface area contributed by atoms with Crippen molar-refractivity contribution in [2.24, 2.45) is 5.73 Å². The number of carbonyl (C=O) groups is 2. The molecule has 130 valence electrons. The fourth-order valence-electron chi connectivity index (χ4n) is 2.44. The topological polar surface area (TPSA) is 75.4 Å². The summed E-state index contributed by atoms with van der Waals surface area (Å²) in [5.74, 6) is -0.373. The summed E-state index contributed by atoms with van der Waals surface area (Å²) in [6.45, 7) is 4.77. The normalized spacial score (nSPS) is 11.3. The first kappa shape index (κ1) is 21.4. The largest absolute Gasteiger partial charge is 0.346 e. The van der Waals surface area contributed by atoms with Gasteiger partial charge in [0.25, 0.3) is 0 Å². The molecule has 1 rings (SSSR count). The summed E-state index contributed by atoms with van der Waals surface area (Å²) >= 11 is 0. The van der Waals surface area contributed by atoms with E-state index in [2.05, 4.69) is 19.2 Å². The Labute approximate surface area is 145 Å². The summed E-state index contributed by atoms with van der Waals surface area (Å²) in [6, 6.07) is 10.1. The number of rotatable bonds is 9. The number of benzene rings is 1. The summed E-state index contributed by atoms with van der Waals surface area (Å²) in [6.07, 6.45) is 2.80. The number of hydrogen-bond donors (Lipinski definition) is 2. The van der Waals surface area contributed by atoms with E-state index in [0.29, 0.717) is 6.54 Å². The summed E-state index contributed by atoms with van der Waals surface area (Å²) in [5.41, 5.74) is 6.38. The van der Waals surface area contributed by atoms with E-state index in [1.54, 1.807) is 0 Å². The SMILES string of the molecule is CCCCN(C(=O)CNC(=O)CN)C(CC)c1ccccc1.Cl. The van der Waals surface area contributed by atoms with Gasteiger partial charge in [-0.3, -0.25) is 9.59 Å². The van der Waals surface area contributed by atoms with Crippen LogP contribution >= 0.6 is 12.4 Å². The minimum atomic E-state index is -0.309. The highest BCUT2D eigenvalue weighted by Crippen LogP contribution is 2.24. The van der Waals surface area contributed by atoms with Gasteiger partial charge in [0.05, 0.1) is 19.1 Å². The Balaban J connectivity index is 0.00000484. The Kier molecular flexibility index (Phi) is 11.1. The second-order valence-corrected chi connectivity index (χ2v) is 5.26. The van der Waals surface area contributed by atoms with Crippen LogP contribution in [0.15, 0.2) is 30.3 Å². The van der Waals surface area contributed by atoms with Crippen LogP contribution in [-0.4, -0.2) is 36.3 Å². The highest BCUT2D eigenvalue weighted by molar-refractivity contribution is 5.86. The van der Waals surface area contributed by atoms with Crippen LogP contribution in [0.2, 0.25) is 0 Å². The Morgan fingerprint density at radius 3 is 2.39 bits per heavy atom. The molecule has 0 fully saturated rings. The van der Waals surface area contributed by atoms with Gasteiger partial charge in [-0.05, 0) is 18.4 Å². The lowest BCUT2D eigenvalue weighted by molar-refractivity contribution is -0.135. The van der Waals surface area contributed by atoms with Crippen molar-refractivity contribution in [3.05, 3.63) is 35.9 Å². The molecule has 0 aliphatic heterocycles. The van der Waals surface area contributed by atoms with E-state index in [4.69, 9.17) is 5.73 Å². The van der Waals surface area contributed by atoms with E-state index < -0.39 is 0 Å². The molecule has 5 nitrogen and oxygen atoms in total. The third kappa shape index (κ3) is 7.01. The Hall–Kier alpha value is -1.59. The minimum Gasteiger partial charge on any atom is -0.346 e. The molecule has 1 unspecified atom stereocenters. The molecule has 0 radical (unpaired) electrons. The molecule has 0 saturated carbocycles. The number of hydrogen-bond acceptors (Lipinski definition) is 3. The number of halogens is 1. The maximum atomic E-state index is 12.5. The number of amides is 2. The molecule has 0 saturated heterocycles. The third-order valence-electron chi connectivity index (χ3n) is 3.64. The third-order valence-corrected chi connectivity index (χ3v) is 3.64. The molecule has 0 spiro atoms. The van der Waals surface area contributed by atoms with Crippen LogP contribution in [0.5, 0.6) is 0 Å². The van der Waals surface area contributed by atoms with Crippen LogP contribution in [0.4, 0.5) is 0 Å². The molecule has 0 bridgehead atoms. The van der Waals surface area contributed by atoms with E-state index in [1.807, 2.05) is 35.2 Å². The maximum absolute atomic E-state index is 12.5. The first-order chi connectivity index (χ1) is 10.6. The summed E-state index contributed by atoms with van der Waals surface area (Å²) in [5, 5.41) is 2.56. The molecule has 0 aliphatic rings. The van der Waals surface area contributed by atoms with Gasteiger partial charge < -0.3 is 16.0 Å². The first-order valence-electron chi connectivity index (χ1n) is 7.95. The molecule has 0 heterocycles. The lowest BCUT2D eigenvalue weighted by Gasteiger charge is -2.32. The van der Waals surface area contributed by atoms with E-state index in [1.165, 1.54) is 0 Å². The fraction of sp³-hybridized carbons (Fsp3) is 0.529. The molecule has 1 atom stereocenters. The van der Waals surface area contributed by atoms with Crippen LogP contribution in [-0.2, 0) is 9.59 Å². The molecule has 2 amide bonds. The minimum absolute atomic E-state index is 0. The molecular weight excluding hydrogens is 314 g/mol. The maximum Gasteiger partial charge on any atom is 0.242 e. The van der Waals surface area contributed by atoms with Gasteiger partial charge in [0.15, 0.2) is 0 Å². The van der Waals surface area contributed by atoms with Crippen LogP contribution < -0.4 is 11.1 Å². The van der Waals surface area contributed by atoms with Crippen LogP contribution in [0, 0.1) is 0 Å². The lowest BCUT2D eigenvalue weighted by Crippen LogP contribution is -2.43. The van der Waals surface area contributed by atoms with Gasteiger partial charge in [-0.15, -0.1) is 12.4 Å². The first-order valence-corrected chi connectivity index (χ1v) is 7.95. The lowest BCUT2D eigenvalue weighted by atomic mass is 10.0. The summed E-state index contributed by atoms with van der Waals surface area (Å²) in [7, 11) is 0. The molecular formula is C17H28ClN3O2. The molecule has 23 heavy (non-hydrogen) atoms. The van der Waals surface area contributed by atoms with Crippen molar-refractivity contribution >= 4 is 24.2 Å². The standard InChI is InChI=1S/C17H27N3O2.ClH/c1-3-5-11-20(17(22)13-19-16(21)12-18)15(4-2)14-9-7-6-8-10-14;/h6-10,15H,3-5,11-13,18H2,1-2H3,(H,19,21);1H. The number of nitrogens with two attached hydrogens (primary N) is 1. The van der Waals surface area contributed by atoms with E-state index in [0.717, 1.165) is 24.8 Å². The molecule has 0 aliphatic carbocycles. The van der Waals surface area contributed by atoms with Crippen LogP contribution in [0.1, 0.15) is 44.7 Å². The smallest absolute Gasteiger partial charge is 0.242 e. The van der Waals surface area contributed by atoms with E-state index in [9.17, 15) is 9.59 Å². The second kappa shape index (κ2) is 11.9. The number of nitrogens with zero attached hydrogens (tertiary/aromatic N) is 1. The van der Waals surface area contributed by atoms with Crippen molar-refractivity contribution in [3.63, 3.8) is 0 Å².